The second kappa shape index (κ2) is 4.94. The van der Waals surface area contributed by atoms with Gasteiger partial charge in [-0.25, -0.2) is 0 Å². The zero-order valence-corrected chi connectivity index (χ0v) is 10.8. The van der Waals surface area contributed by atoms with Crippen LogP contribution in [0.4, 0.5) is 0 Å². The maximum absolute atomic E-state index is 11.7. The molecule has 92 valence electrons. The highest BCUT2D eigenvalue weighted by Crippen LogP contribution is 2.26. The molecule has 1 aromatic heterocycles. The molecule has 0 saturated carbocycles. The van der Waals surface area contributed by atoms with Crippen molar-refractivity contribution in [3.63, 3.8) is 0 Å². The third kappa shape index (κ3) is 2.31. The van der Waals surface area contributed by atoms with Gasteiger partial charge in [0.05, 0.1) is 0 Å². The van der Waals surface area contributed by atoms with E-state index in [9.17, 15) is 4.79 Å². The summed E-state index contributed by atoms with van der Waals surface area (Å²) in [7, 11) is 0. The second-order valence-electron chi connectivity index (χ2n) is 4.52. The lowest BCUT2D eigenvalue weighted by Crippen LogP contribution is -2.10. The zero-order valence-electron chi connectivity index (χ0n) is 10.0. The van der Waals surface area contributed by atoms with Crippen molar-refractivity contribution in [2.24, 2.45) is 0 Å². The highest BCUT2D eigenvalue weighted by atomic mass is 32.1. The molecule has 0 saturated heterocycles. The first-order valence-electron chi connectivity index (χ1n) is 6.13. The standard InChI is InChI=1S/C15H14O2S/c16-15-3-1-2-12-8-13(4-5-14(12)15)17-9-11-6-7-18-10-11/h4-8,10H,1-3,9H2. The second-order valence-corrected chi connectivity index (χ2v) is 5.30. The Bertz CT molecular complexity index is 558. The molecule has 1 aromatic carbocycles. The molecule has 0 radical (unpaired) electrons. The molecule has 3 rings (SSSR count). The van der Waals surface area contributed by atoms with Gasteiger partial charge in [0.2, 0.25) is 0 Å². The SMILES string of the molecule is O=C1CCCc2cc(OCc3ccsc3)ccc21. The van der Waals surface area contributed by atoms with Crippen molar-refractivity contribution >= 4 is 17.1 Å². The number of carbonyl (C=O) groups is 1. The van der Waals surface area contributed by atoms with Gasteiger partial charge in [0, 0.05) is 12.0 Å². The van der Waals surface area contributed by atoms with Gasteiger partial charge in [-0.15, -0.1) is 0 Å². The Morgan fingerprint density at radius 3 is 3.00 bits per heavy atom. The molecule has 1 aliphatic carbocycles. The van der Waals surface area contributed by atoms with Gasteiger partial charge < -0.3 is 4.74 Å². The molecule has 0 spiro atoms. The molecule has 0 unspecified atom stereocenters. The number of Topliss-reactive ketones (excluding diaryl/α,β-unsaturated/α-hetero) is 1. The third-order valence-corrected chi connectivity index (χ3v) is 3.94. The van der Waals surface area contributed by atoms with Gasteiger partial charge in [0.1, 0.15) is 12.4 Å². The van der Waals surface area contributed by atoms with Crippen LogP contribution in [0.2, 0.25) is 0 Å². The molecule has 2 nitrogen and oxygen atoms in total. The first kappa shape index (κ1) is 11.5. The Morgan fingerprint density at radius 2 is 2.17 bits per heavy atom. The quantitative estimate of drug-likeness (QED) is 0.836. The van der Waals surface area contributed by atoms with Gasteiger partial charge in [-0.1, -0.05) is 0 Å². The van der Waals surface area contributed by atoms with E-state index in [0.29, 0.717) is 13.0 Å². The third-order valence-electron chi connectivity index (χ3n) is 3.21. The normalized spacial score (nSPS) is 14.3. The summed E-state index contributed by atoms with van der Waals surface area (Å²) in [6, 6.07) is 7.87. The molecule has 0 atom stereocenters. The number of hydrogen-bond donors (Lipinski definition) is 0. The molecule has 3 heteroatoms. The summed E-state index contributed by atoms with van der Waals surface area (Å²) in [5.41, 5.74) is 3.20. The van der Waals surface area contributed by atoms with Crippen LogP contribution in [0.1, 0.15) is 34.3 Å². The fourth-order valence-electron chi connectivity index (χ4n) is 2.25. The number of benzene rings is 1. The van der Waals surface area contributed by atoms with E-state index in [4.69, 9.17) is 4.74 Å². The van der Waals surface area contributed by atoms with Crippen LogP contribution in [0.5, 0.6) is 5.75 Å². The lowest BCUT2D eigenvalue weighted by Gasteiger charge is -2.15. The van der Waals surface area contributed by atoms with Crippen LogP contribution in [0.25, 0.3) is 0 Å². The molecule has 18 heavy (non-hydrogen) atoms. The van der Waals surface area contributed by atoms with Crippen molar-refractivity contribution in [2.45, 2.75) is 25.9 Å². The largest absolute Gasteiger partial charge is 0.489 e. The van der Waals surface area contributed by atoms with Crippen LogP contribution in [0.15, 0.2) is 35.0 Å². The Kier molecular flexibility index (Phi) is 3.15. The number of rotatable bonds is 3. The molecule has 1 aliphatic rings. The van der Waals surface area contributed by atoms with Crippen LogP contribution < -0.4 is 4.74 Å². The summed E-state index contributed by atoms with van der Waals surface area (Å²) < 4.78 is 5.75. The van der Waals surface area contributed by atoms with E-state index >= 15 is 0 Å². The predicted octanol–water partition coefficient (Wildman–Crippen LogP) is 3.85. The van der Waals surface area contributed by atoms with Gasteiger partial charge in [-0.2, -0.15) is 11.3 Å². The molecular weight excluding hydrogens is 244 g/mol. The minimum atomic E-state index is 0.264. The lowest BCUT2D eigenvalue weighted by molar-refractivity contribution is 0.0972. The maximum Gasteiger partial charge on any atom is 0.163 e. The van der Waals surface area contributed by atoms with Crippen LogP contribution in [0.3, 0.4) is 0 Å². The number of hydrogen-bond acceptors (Lipinski definition) is 3. The van der Waals surface area contributed by atoms with Crippen LogP contribution in [0, 0.1) is 0 Å². The number of aryl methyl sites for hydroxylation is 1. The van der Waals surface area contributed by atoms with E-state index in [1.165, 1.54) is 5.56 Å². The molecular formula is C15H14O2S. The van der Waals surface area contributed by atoms with Crippen molar-refractivity contribution in [3.05, 3.63) is 51.7 Å². The van der Waals surface area contributed by atoms with E-state index in [1.54, 1.807) is 11.3 Å². The molecule has 0 aliphatic heterocycles. The van der Waals surface area contributed by atoms with Crippen molar-refractivity contribution in [3.8, 4) is 5.75 Å². The van der Waals surface area contributed by atoms with Crippen molar-refractivity contribution in [1.29, 1.82) is 0 Å². The van der Waals surface area contributed by atoms with Gasteiger partial charge in [-0.05, 0) is 59.0 Å². The molecule has 1 heterocycles. The van der Waals surface area contributed by atoms with Crippen LogP contribution in [-0.4, -0.2) is 5.78 Å². The summed E-state index contributed by atoms with van der Waals surface area (Å²) in [4.78, 5) is 11.7. The molecule has 0 fully saturated rings. The maximum atomic E-state index is 11.7. The minimum Gasteiger partial charge on any atom is -0.489 e. The van der Waals surface area contributed by atoms with E-state index in [1.807, 2.05) is 23.6 Å². The number of fused-ring (bicyclic) bond motifs is 1. The van der Waals surface area contributed by atoms with E-state index < -0.39 is 0 Å². The number of thiophene rings is 1. The Morgan fingerprint density at radius 1 is 1.22 bits per heavy atom. The Balaban J connectivity index is 1.76. The lowest BCUT2D eigenvalue weighted by atomic mass is 9.90. The van der Waals surface area contributed by atoms with Gasteiger partial charge >= 0.3 is 0 Å². The molecule has 0 bridgehead atoms. The van der Waals surface area contributed by atoms with Crippen LogP contribution in [-0.2, 0) is 13.0 Å². The summed E-state index contributed by atoms with van der Waals surface area (Å²) >= 11 is 1.67. The number of ether oxygens (including phenoxy) is 1. The highest BCUT2D eigenvalue weighted by molar-refractivity contribution is 7.07. The van der Waals surface area contributed by atoms with Crippen LogP contribution >= 0.6 is 11.3 Å². The molecule has 2 aromatic rings. The first-order valence-corrected chi connectivity index (χ1v) is 7.07. The average Bonchev–Trinajstić information content (AvgIpc) is 2.90. The average molecular weight is 258 g/mol. The zero-order chi connectivity index (χ0) is 12.4. The monoisotopic (exact) mass is 258 g/mol. The fourth-order valence-corrected chi connectivity index (χ4v) is 2.91. The summed E-state index contributed by atoms with van der Waals surface area (Å²) in [5, 5.41) is 4.13. The van der Waals surface area contributed by atoms with Gasteiger partial charge in [0.15, 0.2) is 5.78 Å². The minimum absolute atomic E-state index is 0.264. The number of carbonyl (C=O) groups excluding carboxylic acids is 1. The Hall–Kier alpha value is -1.61. The van der Waals surface area contributed by atoms with Gasteiger partial charge in [-0.3, -0.25) is 4.79 Å². The summed E-state index contributed by atoms with van der Waals surface area (Å²) in [5.74, 6) is 1.12. The van der Waals surface area contributed by atoms with Gasteiger partial charge in [0.25, 0.3) is 0 Å². The summed E-state index contributed by atoms with van der Waals surface area (Å²) in [6.45, 7) is 0.593. The summed E-state index contributed by atoms with van der Waals surface area (Å²) in [6.07, 6.45) is 2.62. The highest BCUT2D eigenvalue weighted by Gasteiger charge is 2.17. The molecule has 0 amide bonds. The van der Waals surface area contributed by atoms with E-state index in [-0.39, 0.29) is 5.78 Å². The molecule has 0 N–H and O–H groups in total. The topological polar surface area (TPSA) is 26.3 Å². The van der Waals surface area contributed by atoms with Crippen molar-refractivity contribution < 1.29 is 9.53 Å². The number of ketones is 1. The van der Waals surface area contributed by atoms with E-state index in [0.717, 1.165) is 29.7 Å². The Labute approximate surface area is 110 Å². The first-order chi connectivity index (χ1) is 8.83. The van der Waals surface area contributed by atoms with Crippen molar-refractivity contribution in [2.75, 3.05) is 0 Å². The van der Waals surface area contributed by atoms with Crippen molar-refractivity contribution in [1.82, 2.24) is 0 Å². The fraction of sp³-hybridized carbons (Fsp3) is 0.267. The smallest absolute Gasteiger partial charge is 0.163 e. The van der Waals surface area contributed by atoms with E-state index in [2.05, 4.69) is 11.4 Å². The predicted molar refractivity (Wildman–Crippen MR) is 72.4 cm³/mol.